The van der Waals surface area contributed by atoms with Gasteiger partial charge in [0, 0.05) is 30.9 Å². The summed E-state index contributed by atoms with van der Waals surface area (Å²) in [6.45, 7) is 6.46. The van der Waals surface area contributed by atoms with E-state index in [9.17, 15) is 4.79 Å². The molecule has 1 aliphatic heterocycles. The second-order valence-electron chi connectivity index (χ2n) is 5.74. The minimum Gasteiger partial charge on any atom is -0.325 e. The van der Waals surface area contributed by atoms with Gasteiger partial charge in [-0.25, -0.2) is 0 Å². The summed E-state index contributed by atoms with van der Waals surface area (Å²) in [6, 6.07) is 10.3. The minimum absolute atomic E-state index is 0.00401. The Kier molecular flexibility index (Phi) is 5.32. The van der Waals surface area contributed by atoms with Crippen LogP contribution in [0.3, 0.4) is 0 Å². The second kappa shape index (κ2) is 7.21. The Bertz CT molecular complexity index is 510. The zero-order chi connectivity index (χ0) is 15.2. The maximum absolute atomic E-state index is 12.1. The van der Waals surface area contributed by atoms with Crippen LogP contribution in [0.25, 0.3) is 0 Å². The molecule has 0 aliphatic carbocycles. The molecule has 112 valence electrons. The molecule has 5 nitrogen and oxygen atoms in total. The summed E-state index contributed by atoms with van der Waals surface area (Å²) in [4.78, 5) is 14.3. The van der Waals surface area contributed by atoms with Crippen LogP contribution in [-0.4, -0.2) is 42.5 Å². The number of carbonyl (C=O) groups excluding carboxylic acids is 1. The van der Waals surface area contributed by atoms with Gasteiger partial charge in [0.2, 0.25) is 5.91 Å². The molecule has 1 aromatic carbocycles. The number of benzene rings is 1. The van der Waals surface area contributed by atoms with E-state index < -0.39 is 0 Å². The maximum atomic E-state index is 12.1. The van der Waals surface area contributed by atoms with Crippen LogP contribution in [0.4, 0.5) is 5.69 Å². The Morgan fingerprint density at radius 1 is 1.33 bits per heavy atom. The first-order chi connectivity index (χ1) is 10.1. The van der Waals surface area contributed by atoms with Crippen LogP contribution in [-0.2, 0) is 11.2 Å². The van der Waals surface area contributed by atoms with Gasteiger partial charge < -0.3 is 10.6 Å². The lowest BCUT2D eigenvalue weighted by Crippen LogP contribution is -2.55. The van der Waals surface area contributed by atoms with Crippen molar-refractivity contribution < 1.29 is 4.79 Å². The molecule has 2 rings (SSSR count). The third kappa shape index (κ3) is 4.85. The van der Waals surface area contributed by atoms with Crippen molar-refractivity contribution in [3.63, 3.8) is 0 Å². The molecule has 1 saturated heterocycles. The monoisotopic (exact) mass is 286 g/mol. The van der Waals surface area contributed by atoms with Crippen molar-refractivity contribution in [1.29, 1.82) is 5.26 Å². The highest BCUT2D eigenvalue weighted by Gasteiger charge is 2.22. The topological polar surface area (TPSA) is 68.2 Å². The molecule has 0 bridgehead atoms. The van der Waals surface area contributed by atoms with Gasteiger partial charge in [-0.3, -0.25) is 9.69 Å². The van der Waals surface area contributed by atoms with E-state index in [0.717, 1.165) is 24.3 Å². The van der Waals surface area contributed by atoms with Gasteiger partial charge in [0.1, 0.15) is 0 Å². The summed E-state index contributed by atoms with van der Waals surface area (Å²) in [5.41, 5.74) is 1.73. The molecule has 0 saturated carbocycles. The Labute approximate surface area is 125 Å². The maximum Gasteiger partial charge on any atom is 0.238 e. The Balaban J connectivity index is 1.85. The molecule has 5 heteroatoms. The van der Waals surface area contributed by atoms with Crippen molar-refractivity contribution in [3.05, 3.63) is 29.8 Å². The first kappa shape index (κ1) is 15.5. The number of amides is 1. The molecule has 2 unspecified atom stereocenters. The number of hydrogen-bond acceptors (Lipinski definition) is 4. The predicted molar refractivity (Wildman–Crippen MR) is 82.9 cm³/mol. The number of piperazine rings is 1. The highest BCUT2D eigenvalue weighted by atomic mass is 16.2. The van der Waals surface area contributed by atoms with Gasteiger partial charge in [-0.05, 0) is 31.5 Å². The van der Waals surface area contributed by atoms with Crippen molar-refractivity contribution in [2.45, 2.75) is 32.4 Å². The molecular formula is C16H22N4O. The number of rotatable bonds is 4. The molecule has 0 spiro atoms. The molecule has 0 radical (unpaired) electrons. The normalized spacial score (nSPS) is 22.5. The highest BCUT2D eigenvalue weighted by molar-refractivity contribution is 5.92. The van der Waals surface area contributed by atoms with Crippen LogP contribution in [0.5, 0.6) is 0 Å². The van der Waals surface area contributed by atoms with Crippen molar-refractivity contribution >= 4 is 11.6 Å². The van der Waals surface area contributed by atoms with Gasteiger partial charge in [0.05, 0.1) is 19.0 Å². The third-order valence-electron chi connectivity index (χ3n) is 3.52. The van der Waals surface area contributed by atoms with Crippen molar-refractivity contribution in [3.8, 4) is 6.07 Å². The lowest BCUT2D eigenvalue weighted by molar-refractivity contribution is -0.117. The van der Waals surface area contributed by atoms with Crippen LogP contribution in [0.15, 0.2) is 24.3 Å². The zero-order valence-corrected chi connectivity index (χ0v) is 12.6. The lowest BCUT2D eigenvalue weighted by atomic mass is 10.1. The Morgan fingerprint density at radius 3 is 2.52 bits per heavy atom. The summed E-state index contributed by atoms with van der Waals surface area (Å²) in [7, 11) is 0. The van der Waals surface area contributed by atoms with E-state index in [4.69, 9.17) is 5.26 Å². The van der Waals surface area contributed by atoms with Gasteiger partial charge >= 0.3 is 0 Å². The van der Waals surface area contributed by atoms with Crippen LogP contribution in [0.2, 0.25) is 0 Å². The van der Waals surface area contributed by atoms with Gasteiger partial charge in [-0.15, -0.1) is 0 Å². The zero-order valence-electron chi connectivity index (χ0n) is 12.6. The second-order valence-corrected chi connectivity index (χ2v) is 5.74. The molecule has 1 amide bonds. The van der Waals surface area contributed by atoms with Gasteiger partial charge in [0.25, 0.3) is 0 Å². The number of carbonyl (C=O) groups is 1. The van der Waals surface area contributed by atoms with Gasteiger partial charge in [0.15, 0.2) is 0 Å². The number of hydrogen-bond donors (Lipinski definition) is 2. The quantitative estimate of drug-likeness (QED) is 0.877. The van der Waals surface area contributed by atoms with Crippen molar-refractivity contribution in [2.75, 3.05) is 25.0 Å². The summed E-state index contributed by atoms with van der Waals surface area (Å²) >= 11 is 0. The molecule has 1 aromatic rings. The molecule has 2 atom stereocenters. The molecule has 1 heterocycles. The van der Waals surface area contributed by atoms with E-state index >= 15 is 0 Å². The van der Waals surface area contributed by atoms with E-state index in [1.165, 1.54) is 0 Å². The first-order valence-electron chi connectivity index (χ1n) is 7.31. The lowest BCUT2D eigenvalue weighted by Gasteiger charge is -2.35. The fraction of sp³-hybridized carbons (Fsp3) is 0.500. The van der Waals surface area contributed by atoms with Crippen molar-refractivity contribution in [2.24, 2.45) is 0 Å². The SMILES string of the molecule is CC1CN(CC(=O)Nc2ccc(CC#N)cc2)CC(C)N1. The standard InChI is InChI=1S/C16H22N4O/c1-12-9-20(10-13(2)18-12)11-16(21)19-15-5-3-14(4-6-15)7-8-17/h3-6,12-13,18H,7,9-11H2,1-2H3,(H,19,21). The molecule has 2 N–H and O–H groups in total. The first-order valence-corrected chi connectivity index (χ1v) is 7.31. The minimum atomic E-state index is 0.00401. The largest absolute Gasteiger partial charge is 0.325 e. The van der Waals surface area contributed by atoms with Gasteiger partial charge in [-0.1, -0.05) is 12.1 Å². The molecular weight excluding hydrogens is 264 g/mol. The van der Waals surface area contributed by atoms with Crippen LogP contribution in [0.1, 0.15) is 19.4 Å². The molecule has 0 aromatic heterocycles. The predicted octanol–water partition coefficient (Wildman–Crippen LogP) is 1.37. The summed E-state index contributed by atoms with van der Waals surface area (Å²) in [5.74, 6) is 0.00401. The average Bonchev–Trinajstić information content (AvgIpc) is 2.40. The molecule has 21 heavy (non-hydrogen) atoms. The van der Waals surface area contributed by atoms with E-state index in [2.05, 4.69) is 35.5 Å². The number of nitrogens with zero attached hydrogens (tertiary/aromatic N) is 2. The summed E-state index contributed by atoms with van der Waals surface area (Å²) < 4.78 is 0. The fourth-order valence-electron chi connectivity index (χ4n) is 2.77. The van der Waals surface area contributed by atoms with E-state index in [0.29, 0.717) is 25.0 Å². The van der Waals surface area contributed by atoms with E-state index in [1.54, 1.807) is 0 Å². The summed E-state index contributed by atoms with van der Waals surface area (Å²) in [5, 5.41) is 15.0. The van der Waals surface area contributed by atoms with Crippen molar-refractivity contribution in [1.82, 2.24) is 10.2 Å². The number of anilines is 1. The molecule has 1 aliphatic rings. The van der Waals surface area contributed by atoms with E-state index in [-0.39, 0.29) is 5.91 Å². The third-order valence-corrected chi connectivity index (χ3v) is 3.52. The number of nitrogens with one attached hydrogen (secondary N) is 2. The summed E-state index contributed by atoms with van der Waals surface area (Å²) in [6.07, 6.45) is 0.394. The fourth-order valence-corrected chi connectivity index (χ4v) is 2.77. The van der Waals surface area contributed by atoms with E-state index in [1.807, 2.05) is 24.3 Å². The van der Waals surface area contributed by atoms with Gasteiger partial charge in [-0.2, -0.15) is 5.26 Å². The highest BCUT2D eigenvalue weighted by Crippen LogP contribution is 2.10. The van der Waals surface area contributed by atoms with Crippen LogP contribution >= 0.6 is 0 Å². The smallest absolute Gasteiger partial charge is 0.238 e. The Hall–Kier alpha value is -1.90. The Morgan fingerprint density at radius 2 is 1.95 bits per heavy atom. The average molecular weight is 286 g/mol. The molecule has 1 fully saturated rings. The number of nitriles is 1. The van der Waals surface area contributed by atoms with Crippen LogP contribution < -0.4 is 10.6 Å². The van der Waals surface area contributed by atoms with Crippen LogP contribution in [0, 0.1) is 11.3 Å².